The first-order valence-corrected chi connectivity index (χ1v) is 11.0. The summed E-state index contributed by atoms with van der Waals surface area (Å²) in [7, 11) is 0. The number of benzene rings is 1. The molecule has 2 saturated heterocycles. The number of hydrogen-bond acceptors (Lipinski definition) is 5. The second-order valence-electron chi connectivity index (χ2n) is 7.74. The maximum absolute atomic E-state index is 12.7. The topological polar surface area (TPSA) is 66.9 Å². The van der Waals surface area contributed by atoms with Gasteiger partial charge in [-0.1, -0.05) is 26.0 Å². The SMILES string of the molecule is CC[C@H](C)Oc1ccc(/C=C2\SC(=O)N(CC(=O)N3CCC(C)CC3)C2=O)cc1. The summed E-state index contributed by atoms with van der Waals surface area (Å²) in [5.41, 5.74) is 0.809. The Morgan fingerprint density at radius 1 is 1.24 bits per heavy atom. The maximum atomic E-state index is 12.7. The summed E-state index contributed by atoms with van der Waals surface area (Å²) < 4.78 is 5.75. The fraction of sp³-hybridized carbons (Fsp3) is 0.500. The van der Waals surface area contributed by atoms with Gasteiger partial charge in [0.2, 0.25) is 5.91 Å². The normalized spacial score (nSPS) is 20.4. The third-order valence-corrected chi connectivity index (χ3v) is 6.30. The van der Waals surface area contributed by atoms with Gasteiger partial charge in [-0.3, -0.25) is 19.3 Å². The lowest BCUT2D eigenvalue weighted by atomic mass is 9.99. The first kappa shape index (κ1) is 21.4. The molecule has 0 saturated carbocycles. The fourth-order valence-corrected chi connectivity index (χ4v) is 4.08. The molecule has 1 atom stereocenters. The van der Waals surface area contributed by atoms with Crippen molar-refractivity contribution in [2.24, 2.45) is 5.92 Å². The lowest BCUT2D eigenvalue weighted by Crippen LogP contribution is -2.45. The number of piperidine rings is 1. The Balaban J connectivity index is 1.63. The van der Waals surface area contributed by atoms with Gasteiger partial charge in [0.25, 0.3) is 11.1 Å². The van der Waals surface area contributed by atoms with Crippen molar-refractivity contribution in [3.63, 3.8) is 0 Å². The smallest absolute Gasteiger partial charge is 0.294 e. The summed E-state index contributed by atoms with van der Waals surface area (Å²) in [6.45, 7) is 7.44. The standard InChI is InChI=1S/C22H28N2O4S/c1-4-16(3)28-18-7-5-17(6-8-18)13-19-21(26)24(22(27)29-19)14-20(25)23-11-9-15(2)10-12-23/h5-8,13,15-16H,4,9-12,14H2,1-3H3/b19-13-/t16-/m0/s1. The molecule has 1 aromatic rings. The van der Waals surface area contributed by atoms with Gasteiger partial charge < -0.3 is 9.64 Å². The van der Waals surface area contributed by atoms with Crippen LogP contribution in [0.25, 0.3) is 6.08 Å². The van der Waals surface area contributed by atoms with E-state index in [1.54, 1.807) is 11.0 Å². The summed E-state index contributed by atoms with van der Waals surface area (Å²) >= 11 is 0.881. The van der Waals surface area contributed by atoms with Crippen LogP contribution in [0.3, 0.4) is 0 Å². The molecule has 0 aromatic heterocycles. The molecule has 0 radical (unpaired) electrons. The maximum Gasteiger partial charge on any atom is 0.294 e. The summed E-state index contributed by atoms with van der Waals surface area (Å²) in [5.74, 6) is 0.817. The Kier molecular flexibility index (Phi) is 7.00. The van der Waals surface area contributed by atoms with Gasteiger partial charge in [-0.25, -0.2) is 0 Å². The van der Waals surface area contributed by atoms with Crippen molar-refractivity contribution in [2.75, 3.05) is 19.6 Å². The van der Waals surface area contributed by atoms with Crippen LogP contribution in [0.1, 0.15) is 45.6 Å². The first-order valence-electron chi connectivity index (χ1n) is 10.2. The largest absolute Gasteiger partial charge is 0.491 e. The molecule has 156 valence electrons. The highest BCUT2D eigenvalue weighted by molar-refractivity contribution is 8.18. The quantitative estimate of drug-likeness (QED) is 0.652. The van der Waals surface area contributed by atoms with Gasteiger partial charge in [-0.2, -0.15) is 0 Å². The molecule has 3 amide bonds. The number of ether oxygens (including phenoxy) is 1. The summed E-state index contributed by atoms with van der Waals surface area (Å²) in [4.78, 5) is 40.6. The molecule has 6 nitrogen and oxygen atoms in total. The van der Waals surface area contributed by atoms with E-state index in [2.05, 4.69) is 13.8 Å². The van der Waals surface area contributed by atoms with E-state index in [1.807, 2.05) is 31.2 Å². The zero-order chi connectivity index (χ0) is 21.0. The monoisotopic (exact) mass is 416 g/mol. The Hall–Kier alpha value is -2.28. The minimum atomic E-state index is -0.404. The minimum absolute atomic E-state index is 0.137. The molecule has 0 unspecified atom stereocenters. The van der Waals surface area contributed by atoms with Crippen LogP contribution in [0.2, 0.25) is 0 Å². The van der Waals surface area contributed by atoms with E-state index in [1.165, 1.54) is 0 Å². The van der Waals surface area contributed by atoms with Crippen LogP contribution in [0, 0.1) is 5.92 Å². The highest BCUT2D eigenvalue weighted by Gasteiger charge is 2.37. The van der Waals surface area contributed by atoms with E-state index < -0.39 is 11.1 Å². The second-order valence-corrected chi connectivity index (χ2v) is 8.73. The number of carbonyl (C=O) groups excluding carboxylic acids is 3. The van der Waals surface area contributed by atoms with Crippen LogP contribution < -0.4 is 4.74 Å². The van der Waals surface area contributed by atoms with Crippen LogP contribution in [0.15, 0.2) is 29.2 Å². The highest BCUT2D eigenvalue weighted by atomic mass is 32.2. The number of likely N-dealkylation sites (tertiary alicyclic amines) is 1. The molecular weight excluding hydrogens is 388 g/mol. The average molecular weight is 417 g/mol. The first-order chi connectivity index (χ1) is 13.9. The number of imide groups is 1. The zero-order valence-corrected chi connectivity index (χ0v) is 18.0. The van der Waals surface area contributed by atoms with Crippen molar-refractivity contribution >= 4 is 34.9 Å². The van der Waals surface area contributed by atoms with Gasteiger partial charge in [-0.05, 0) is 67.6 Å². The van der Waals surface area contributed by atoms with Gasteiger partial charge in [0.05, 0.1) is 11.0 Å². The molecule has 2 aliphatic rings. The molecule has 0 N–H and O–H groups in total. The summed E-state index contributed by atoms with van der Waals surface area (Å²) in [6, 6.07) is 7.41. The van der Waals surface area contributed by atoms with Gasteiger partial charge >= 0.3 is 0 Å². The van der Waals surface area contributed by atoms with Crippen LogP contribution >= 0.6 is 11.8 Å². The van der Waals surface area contributed by atoms with Gasteiger partial charge in [0.15, 0.2) is 0 Å². The van der Waals surface area contributed by atoms with Crippen LogP contribution in [0.4, 0.5) is 4.79 Å². The van der Waals surface area contributed by atoms with Crippen LogP contribution in [-0.2, 0) is 9.59 Å². The number of amides is 3. The molecule has 29 heavy (non-hydrogen) atoms. The van der Waals surface area contributed by atoms with Crippen molar-refractivity contribution in [3.8, 4) is 5.75 Å². The van der Waals surface area contributed by atoms with E-state index in [-0.39, 0.29) is 18.6 Å². The molecule has 0 aliphatic carbocycles. The molecule has 2 heterocycles. The Morgan fingerprint density at radius 3 is 2.52 bits per heavy atom. The van der Waals surface area contributed by atoms with Gasteiger partial charge in [0.1, 0.15) is 12.3 Å². The van der Waals surface area contributed by atoms with E-state index in [0.717, 1.165) is 47.2 Å². The molecule has 3 rings (SSSR count). The molecule has 2 aliphatic heterocycles. The van der Waals surface area contributed by atoms with Crippen molar-refractivity contribution in [3.05, 3.63) is 34.7 Å². The third-order valence-electron chi connectivity index (χ3n) is 5.39. The van der Waals surface area contributed by atoms with Gasteiger partial charge in [0, 0.05) is 13.1 Å². The summed E-state index contributed by atoms with van der Waals surface area (Å²) in [5, 5.41) is -0.392. The van der Waals surface area contributed by atoms with E-state index in [4.69, 9.17) is 4.74 Å². The Bertz CT molecular complexity index is 798. The molecule has 1 aromatic carbocycles. The van der Waals surface area contributed by atoms with E-state index in [9.17, 15) is 14.4 Å². The van der Waals surface area contributed by atoms with Crippen molar-refractivity contribution in [1.29, 1.82) is 0 Å². The van der Waals surface area contributed by atoms with Crippen LogP contribution in [0.5, 0.6) is 5.75 Å². The average Bonchev–Trinajstić information content (AvgIpc) is 2.97. The predicted octanol–water partition coefficient (Wildman–Crippen LogP) is 4.16. The van der Waals surface area contributed by atoms with Crippen LogP contribution in [-0.4, -0.2) is 52.6 Å². The number of rotatable bonds is 6. The fourth-order valence-electron chi connectivity index (χ4n) is 3.24. The van der Waals surface area contributed by atoms with Crippen molar-refractivity contribution in [1.82, 2.24) is 9.80 Å². The van der Waals surface area contributed by atoms with Gasteiger partial charge in [-0.15, -0.1) is 0 Å². The molecule has 7 heteroatoms. The number of nitrogens with zero attached hydrogens (tertiary/aromatic N) is 2. The molecular formula is C22H28N2O4S. The van der Waals surface area contributed by atoms with E-state index in [0.29, 0.717) is 23.9 Å². The Labute approximate surface area is 176 Å². The molecule has 0 bridgehead atoms. The second kappa shape index (κ2) is 9.48. The third kappa shape index (κ3) is 5.41. The minimum Gasteiger partial charge on any atom is -0.491 e. The predicted molar refractivity (Wildman–Crippen MR) is 114 cm³/mol. The van der Waals surface area contributed by atoms with E-state index >= 15 is 0 Å². The molecule has 2 fully saturated rings. The highest BCUT2D eigenvalue weighted by Crippen LogP contribution is 2.32. The van der Waals surface area contributed by atoms with Crippen molar-refractivity contribution in [2.45, 2.75) is 46.1 Å². The number of thioether (sulfide) groups is 1. The van der Waals surface area contributed by atoms with Crippen molar-refractivity contribution < 1.29 is 19.1 Å². The number of hydrogen-bond donors (Lipinski definition) is 0. The lowest BCUT2D eigenvalue weighted by Gasteiger charge is -2.31. The number of carbonyl (C=O) groups is 3. The lowest BCUT2D eigenvalue weighted by molar-refractivity contribution is -0.136. The Morgan fingerprint density at radius 2 is 1.90 bits per heavy atom. The summed E-state index contributed by atoms with van der Waals surface area (Å²) in [6.07, 6.45) is 4.67. The molecule has 0 spiro atoms. The zero-order valence-electron chi connectivity index (χ0n) is 17.2.